The molecule has 0 spiro atoms. The number of aromatic nitrogens is 3. The summed E-state index contributed by atoms with van der Waals surface area (Å²) in [5.74, 6) is -0.334. The molecule has 0 saturated heterocycles. The summed E-state index contributed by atoms with van der Waals surface area (Å²) in [6.07, 6.45) is 7.06. The lowest BCUT2D eigenvalue weighted by Gasteiger charge is -2.08. The predicted molar refractivity (Wildman–Crippen MR) is 106 cm³/mol. The highest BCUT2D eigenvalue weighted by atomic mass is 19.1. The van der Waals surface area contributed by atoms with Crippen LogP contribution in [0.15, 0.2) is 41.7 Å². The number of hydrogen-bond acceptors (Lipinski definition) is 4. The minimum atomic E-state index is -0.522. The van der Waals surface area contributed by atoms with E-state index < -0.39 is 5.82 Å². The number of likely N-dealkylation sites (N-methyl/N-ethyl adjacent to an activating group) is 1. The number of rotatable bonds is 5. The summed E-state index contributed by atoms with van der Waals surface area (Å²) in [6, 6.07) is 6.66. The van der Waals surface area contributed by atoms with Crippen LogP contribution in [0.1, 0.15) is 16.8 Å². The summed E-state index contributed by atoms with van der Waals surface area (Å²) < 4.78 is 14.4. The van der Waals surface area contributed by atoms with Gasteiger partial charge in [0.15, 0.2) is 11.7 Å². The molecule has 0 radical (unpaired) electrons. The molecule has 0 aliphatic carbocycles. The van der Waals surface area contributed by atoms with Gasteiger partial charge in [0, 0.05) is 23.3 Å². The molecule has 0 fully saturated rings. The molecular formula is C19H20FN7. The molecule has 2 heterocycles. The fourth-order valence-corrected chi connectivity index (χ4v) is 2.58. The van der Waals surface area contributed by atoms with Crippen molar-refractivity contribution in [2.45, 2.75) is 0 Å². The number of pyridine rings is 1. The average Bonchev–Trinajstić information content (AvgIpc) is 3.03. The number of halogens is 1. The van der Waals surface area contributed by atoms with Gasteiger partial charge in [-0.05, 0) is 43.9 Å². The van der Waals surface area contributed by atoms with E-state index >= 15 is 0 Å². The van der Waals surface area contributed by atoms with Gasteiger partial charge in [-0.1, -0.05) is 12.1 Å². The Kier molecular flexibility index (Phi) is 5.37. The Balaban J connectivity index is 1.95. The molecule has 1 aromatic carbocycles. The van der Waals surface area contributed by atoms with E-state index in [9.17, 15) is 4.39 Å². The van der Waals surface area contributed by atoms with E-state index in [0.717, 1.165) is 5.56 Å². The number of aromatic amines is 1. The highest BCUT2D eigenvalue weighted by molar-refractivity contribution is 6.07. The van der Waals surface area contributed by atoms with Crippen LogP contribution in [0.25, 0.3) is 23.1 Å². The van der Waals surface area contributed by atoms with Crippen LogP contribution in [0, 0.1) is 11.2 Å². The molecular weight excluding hydrogens is 345 g/mol. The third kappa shape index (κ3) is 4.42. The zero-order valence-corrected chi connectivity index (χ0v) is 15.1. The summed E-state index contributed by atoms with van der Waals surface area (Å²) in [5.41, 5.74) is 7.91. The quantitative estimate of drug-likeness (QED) is 0.477. The molecule has 27 heavy (non-hydrogen) atoms. The number of nitrogens with two attached hydrogens (primary N) is 1. The van der Waals surface area contributed by atoms with Crippen LogP contribution < -0.4 is 5.73 Å². The molecule has 0 aliphatic rings. The molecule has 2 aromatic heterocycles. The normalized spacial score (nSPS) is 12.4. The van der Waals surface area contributed by atoms with Gasteiger partial charge < -0.3 is 10.6 Å². The van der Waals surface area contributed by atoms with Crippen molar-refractivity contribution in [3.05, 3.63) is 59.3 Å². The van der Waals surface area contributed by atoms with Crippen LogP contribution in [-0.4, -0.2) is 52.4 Å². The van der Waals surface area contributed by atoms with Crippen molar-refractivity contribution in [3.8, 4) is 0 Å². The summed E-state index contributed by atoms with van der Waals surface area (Å²) in [4.78, 5) is 9.95. The lowest BCUT2D eigenvalue weighted by Crippen LogP contribution is -2.29. The molecule has 138 valence electrons. The highest BCUT2D eigenvalue weighted by Crippen LogP contribution is 2.23. The van der Waals surface area contributed by atoms with E-state index in [2.05, 4.69) is 20.2 Å². The Morgan fingerprint density at radius 2 is 2.19 bits per heavy atom. The van der Waals surface area contributed by atoms with Gasteiger partial charge in [-0.3, -0.25) is 15.5 Å². The Morgan fingerprint density at radius 3 is 2.89 bits per heavy atom. The van der Waals surface area contributed by atoms with Gasteiger partial charge in [0.1, 0.15) is 11.4 Å². The zero-order chi connectivity index (χ0) is 19.4. The summed E-state index contributed by atoms with van der Waals surface area (Å²) in [7, 11) is 3.70. The summed E-state index contributed by atoms with van der Waals surface area (Å²) in [6.45, 7) is 0.415. The molecule has 0 unspecified atom stereocenters. The lowest BCUT2D eigenvalue weighted by molar-refractivity contribution is 0.468. The van der Waals surface area contributed by atoms with Crippen molar-refractivity contribution in [1.29, 1.82) is 5.41 Å². The number of H-pyrrole nitrogens is 1. The first-order valence-corrected chi connectivity index (χ1v) is 8.26. The molecule has 0 amide bonds. The van der Waals surface area contributed by atoms with Crippen LogP contribution in [0.3, 0.4) is 0 Å². The van der Waals surface area contributed by atoms with Crippen molar-refractivity contribution < 1.29 is 4.39 Å². The van der Waals surface area contributed by atoms with Crippen molar-refractivity contribution in [2.24, 2.45) is 10.7 Å². The standard InChI is InChI=1S/C19H20FN7/c1-27(2)11-17(21)24-19(22)13-8-14-16(25-26-18(14)15(20)9-13)6-5-12-4-3-7-23-10-12/h3-10H,11H2,1-2H3,(H,25,26)(H3,21,22,24)/b6-5+. The topological polar surface area (TPSA) is 107 Å². The fourth-order valence-electron chi connectivity index (χ4n) is 2.58. The minimum Gasteiger partial charge on any atom is -0.386 e. The van der Waals surface area contributed by atoms with E-state index in [1.54, 1.807) is 24.5 Å². The second-order valence-electron chi connectivity index (χ2n) is 6.30. The number of aliphatic imine (C=N–C) groups is 1. The lowest BCUT2D eigenvalue weighted by atomic mass is 10.1. The van der Waals surface area contributed by atoms with E-state index in [1.165, 1.54) is 6.07 Å². The van der Waals surface area contributed by atoms with Gasteiger partial charge in [0.05, 0.1) is 12.2 Å². The number of nitrogens with zero attached hydrogens (tertiary/aromatic N) is 4. The highest BCUT2D eigenvalue weighted by Gasteiger charge is 2.13. The molecule has 3 aromatic rings. The van der Waals surface area contributed by atoms with E-state index in [-0.39, 0.29) is 17.2 Å². The van der Waals surface area contributed by atoms with Crippen molar-refractivity contribution in [3.63, 3.8) is 0 Å². The van der Waals surface area contributed by atoms with Crippen molar-refractivity contribution in [2.75, 3.05) is 20.6 Å². The Hall–Kier alpha value is -3.39. The first-order valence-electron chi connectivity index (χ1n) is 8.26. The monoisotopic (exact) mass is 365 g/mol. The smallest absolute Gasteiger partial charge is 0.154 e. The zero-order valence-electron chi connectivity index (χ0n) is 15.1. The van der Waals surface area contributed by atoms with Crippen LogP contribution in [-0.2, 0) is 0 Å². The van der Waals surface area contributed by atoms with Crippen LogP contribution in [0.5, 0.6) is 0 Å². The number of fused-ring (bicyclic) bond motifs is 1. The average molecular weight is 365 g/mol. The van der Waals surface area contributed by atoms with Gasteiger partial charge >= 0.3 is 0 Å². The summed E-state index contributed by atoms with van der Waals surface area (Å²) >= 11 is 0. The number of benzene rings is 1. The second kappa shape index (κ2) is 7.88. The van der Waals surface area contributed by atoms with Gasteiger partial charge in [-0.2, -0.15) is 5.10 Å². The molecule has 8 heteroatoms. The third-order valence-corrected chi connectivity index (χ3v) is 3.78. The molecule has 7 nitrogen and oxygen atoms in total. The predicted octanol–water partition coefficient (Wildman–Crippen LogP) is 2.51. The number of hydrogen-bond donors (Lipinski definition) is 3. The Labute approximate surface area is 155 Å². The first kappa shape index (κ1) is 18.4. The fraction of sp³-hybridized carbons (Fsp3) is 0.158. The third-order valence-electron chi connectivity index (χ3n) is 3.78. The summed E-state index contributed by atoms with van der Waals surface area (Å²) in [5, 5.41) is 15.5. The molecule has 0 bridgehead atoms. The maximum Gasteiger partial charge on any atom is 0.154 e. The van der Waals surface area contributed by atoms with Crippen molar-refractivity contribution >= 4 is 34.7 Å². The Bertz CT molecular complexity index is 1020. The molecule has 4 N–H and O–H groups in total. The van der Waals surface area contributed by atoms with E-state index in [1.807, 2.05) is 37.2 Å². The largest absolute Gasteiger partial charge is 0.386 e. The number of nitrogens with one attached hydrogen (secondary N) is 2. The maximum absolute atomic E-state index is 14.4. The molecule has 0 aliphatic heterocycles. The molecule has 3 rings (SSSR count). The maximum atomic E-state index is 14.4. The van der Waals surface area contributed by atoms with E-state index in [0.29, 0.717) is 23.2 Å². The molecule has 0 saturated carbocycles. The van der Waals surface area contributed by atoms with Gasteiger partial charge in [-0.15, -0.1) is 0 Å². The van der Waals surface area contributed by atoms with Gasteiger partial charge in [-0.25, -0.2) is 9.38 Å². The first-order chi connectivity index (χ1) is 12.9. The van der Waals surface area contributed by atoms with Gasteiger partial charge in [0.25, 0.3) is 0 Å². The van der Waals surface area contributed by atoms with Crippen LogP contribution >= 0.6 is 0 Å². The Morgan fingerprint density at radius 1 is 1.37 bits per heavy atom. The number of amidine groups is 2. The van der Waals surface area contributed by atoms with Crippen LogP contribution in [0.4, 0.5) is 4.39 Å². The van der Waals surface area contributed by atoms with Crippen LogP contribution in [0.2, 0.25) is 0 Å². The minimum absolute atomic E-state index is 0.0986. The van der Waals surface area contributed by atoms with E-state index in [4.69, 9.17) is 11.1 Å². The SMILES string of the molecule is CN(C)CC(N)=NC(=N)c1cc(F)c2n[nH]c(/C=C/c3cccnc3)c2c1. The van der Waals surface area contributed by atoms with Crippen molar-refractivity contribution in [1.82, 2.24) is 20.1 Å². The second-order valence-corrected chi connectivity index (χ2v) is 6.30. The van der Waals surface area contributed by atoms with Gasteiger partial charge in [0.2, 0.25) is 0 Å². The molecule has 0 atom stereocenters.